The number of hydrogen-bond donors (Lipinski definition) is 0. The fourth-order valence-corrected chi connectivity index (χ4v) is 1.80. The van der Waals surface area contributed by atoms with E-state index in [1.165, 1.54) is 0 Å². The Hall–Kier alpha value is -0.440. The second-order valence-corrected chi connectivity index (χ2v) is 5.22. The van der Waals surface area contributed by atoms with Crippen LogP contribution in [0.25, 0.3) is 0 Å². The van der Waals surface area contributed by atoms with Crippen LogP contribution in [0, 0.1) is 5.92 Å². The smallest absolute Gasteiger partial charge is 0.138 e. The van der Waals surface area contributed by atoms with Crippen LogP contribution in [0.15, 0.2) is 18.2 Å². The van der Waals surface area contributed by atoms with E-state index in [0.717, 1.165) is 18.6 Å². The number of hydrogen-bond acceptors (Lipinski definition) is 2. The van der Waals surface area contributed by atoms with E-state index in [1.807, 2.05) is 18.2 Å². The van der Waals surface area contributed by atoms with Crippen LogP contribution in [0.4, 0.5) is 0 Å². The van der Waals surface area contributed by atoms with Crippen LogP contribution >= 0.6 is 23.2 Å². The van der Waals surface area contributed by atoms with Gasteiger partial charge < -0.3 is 9.47 Å². The van der Waals surface area contributed by atoms with Gasteiger partial charge in [-0.05, 0) is 30.0 Å². The predicted molar refractivity (Wildman–Crippen MR) is 76.8 cm³/mol. The summed E-state index contributed by atoms with van der Waals surface area (Å²) in [5.74, 6) is 1.81. The molecule has 0 amide bonds. The van der Waals surface area contributed by atoms with E-state index in [9.17, 15) is 0 Å². The lowest BCUT2D eigenvalue weighted by Gasteiger charge is -2.10. The molecule has 0 saturated heterocycles. The van der Waals surface area contributed by atoms with E-state index >= 15 is 0 Å². The Bertz CT molecular complexity index is 354. The van der Waals surface area contributed by atoms with E-state index < -0.39 is 0 Å². The Morgan fingerprint density at radius 2 is 1.94 bits per heavy atom. The van der Waals surface area contributed by atoms with Crippen molar-refractivity contribution in [1.82, 2.24) is 0 Å². The topological polar surface area (TPSA) is 18.5 Å². The molecule has 0 aliphatic rings. The third kappa shape index (κ3) is 5.94. The Balaban J connectivity index is 2.23. The molecule has 0 aromatic heterocycles. The van der Waals surface area contributed by atoms with Gasteiger partial charge in [0.2, 0.25) is 0 Å². The van der Waals surface area contributed by atoms with Crippen molar-refractivity contribution >= 4 is 23.2 Å². The minimum absolute atomic E-state index is 0.457. The summed E-state index contributed by atoms with van der Waals surface area (Å²) in [7, 11) is 0. The van der Waals surface area contributed by atoms with E-state index in [1.54, 1.807) is 0 Å². The highest BCUT2D eigenvalue weighted by Crippen LogP contribution is 2.25. The Morgan fingerprint density at radius 3 is 2.56 bits per heavy atom. The van der Waals surface area contributed by atoms with Crippen LogP contribution in [0.3, 0.4) is 0 Å². The largest absolute Gasteiger partial charge is 0.490 e. The first-order chi connectivity index (χ1) is 8.63. The van der Waals surface area contributed by atoms with Gasteiger partial charge in [-0.15, -0.1) is 11.6 Å². The number of halogens is 2. The molecular formula is C14H20Cl2O2. The maximum atomic E-state index is 6.07. The maximum Gasteiger partial charge on any atom is 0.138 e. The lowest BCUT2D eigenvalue weighted by molar-refractivity contribution is 0.0926. The summed E-state index contributed by atoms with van der Waals surface area (Å²) in [6.45, 7) is 6.23. The molecule has 0 radical (unpaired) electrons. The number of alkyl halides is 1. The monoisotopic (exact) mass is 290 g/mol. The van der Waals surface area contributed by atoms with E-state index in [-0.39, 0.29) is 0 Å². The van der Waals surface area contributed by atoms with E-state index in [2.05, 4.69) is 13.8 Å². The summed E-state index contributed by atoms with van der Waals surface area (Å²) >= 11 is 11.8. The molecule has 0 aliphatic carbocycles. The highest BCUT2D eigenvalue weighted by molar-refractivity contribution is 6.32. The second-order valence-electron chi connectivity index (χ2n) is 4.54. The van der Waals surface area contributed by atoms with Crippen LogP contribution in [0.2, 0.25) is 5.02 Å². The normalized spacial score (nSPS) is 10.9. The first kappa shape index (κ1) is 15.6. The molecule has 4 heteroatoms. The zero-order valence-corrected chi connectivity index (χ0v) is 12.4. The SMILES string of the molecule is CC(C)CCOCCOc1ccc(CCl)cc1Cl. The molecule has 0 saturated carbocycles. The molecule has 0 heterocycles. The minimum Gasteiger partial charge on any atom is -0.490 e. The number of rotatable bonds is 8. The van der Waals surface area contributed by atoms with Gasteiger partial charge in [0.15, 0.2) is 0 Å². The summed E-state index contributed by atoms with van der Waals surface area (Å²) in [5, 5.41) is 0.593. The fraction of sp³-hybridized carbons (Fsp3) is 0.571. The third-order valence-corrected chi connectivity index (χ3v) is 3.08. The maximum absolute atomic E-state index is 6.07. The first-order valence-electron chi connectivity index (χ1n) is 6.18. The van der Waals surface area contributed by atoms with Crippen LogP contribution in [0.1, 0.15) is 25.8 Å². The lowest BCUT2D eigenvalue weighted by Crippen LogP contribution is -2.08. The summed E-state index contributed by atoms with van der Waals surface area (Å²) < 4.78 is 11.0. The molecule has 1 aromatic carbocycles. The highest BCUT2D eigenvalue weighted by Gasteiger charge is 2.02. The molecule has 2 nitrogen and oxygen atoms in total. The van der Waals surface area contributed by atoms with Gasteiger partial charge in [-0.1, -0.05) is 31.5 Å². The fourth-order valence-electron chi connectivity index (χ4n) is 1.38. The minimum atomic E-state index is 0.457. The number of benzene rings is 1. The second kappa shape index (κ2) is 8.63. The van der Waals surface area contributed by atoms with Crippen molar-refractivity contribution in [3.63, 3.8) is 0 Å². The van der Waals surface area contributed by atoms with Crippen molar-refractivity contribution in [2.24, 2.45) is 5.92 Å². The van der Waals surface area contributed by atoms with Gasteiger partial charge in [0.1, 0.15) is 12.4 Å². The van der Waals surface area contributed by atoms with Gasteiger partial charge in [-0.3, -0.25) is 0 Å². The standard InChI is InChI=1S/C14H20Cl2O2/c1-11(2)5-6-17-7-8-18-14-4-3-12(10-15)9-13(14)16/h3-4,9,11H,5-8,10H2,1-2H3. The van der Waals surface area contributed by atoms with Crippen LogP contribution in [-0.2, 0) is 10.6 Å². The molecule has 1 rings (SSSR count). The molecule has 0 fully saturated rings. The van der Waals surface area contributed by atoms with E-state index in [4.69, 9.17) is 32.7 Å². The van der Waals surface area contributed by atoms with Crippen LogP contribution in [0.5, 0.6) is 5.75 Å². The highest BCUT2D eigenvalue weighted by atomic mass is 35.5. The van der Waals surface area contributed by atoms with E-state index in [0.29, 0.717) is 35.8 Å². The van der Waals surface area contributed by atoms with Crippen LogP contribution < -0.4 is 4.74 Å². The van der Waals surface area contributed by atoms with Gasteiger partial charge >= 0.3 is 0 Å². The molecule has 1 aromatic rings. The molecule has 0 unspecified atom stereocenters. The van der Waals surface area contributed by atoms with Crippen molar-refractivity contribution in [2.75, 3.05) is 19.8 Å². The molecule has 0 N–H and O–H groups in total. The zero-order valence-electron chi connectivity index (χ0n) is 10.9. The summed E-state index contributed by atoms with van der Waals surface area (Å²) in [6, 6.07) is 5.57. The molecule has 0 bridgehead atoms. The van der Waals surface area contributed by atoms with Gasteiger partial charge in [0.05, 0.1) is 11.6 Å². The zero-order chi connectivity index (χ0) is 13.4. The predicted octanol–water partition coefficient (Wildman–Crippen LogP) is 4.52. The molecule has 0 spiro atoms. The van der Waals surface area contributed by atoms with Gasteiger partial charge in [-0.2, -0.15) is 0 Å². The molecular weight excluding hydrogens is 271 g/mol. The van der Waals surface area contributed by atoms with Crippen molar-refractivity contribution in [3.8, 4) is 5.75 Å². The molecule has 0 aliphatic heterocycles. The molecule has 102 valence electrons. The Labute approximate surface area is 119 Å². The first-order valence-corrected chi connectivity index (χ1v) is 7.09. The Kier molecular flexibility index (Phi) is 7.48. The van der Waals surface area contributed by atoms with Crippen molar-refractivity contribution in [1.29, 1.82) is 0 Å². The summed E-state index contributed by atoms with van der Waals surface area (Å²) in [6.07, 6.45) is 1.07. The molecule has 18 heavy (non-hydrogen) atoms. The van der Waals surface area contributed by atoms with Crippen LogP contribution in [-0.4, -0.2) is 19.8 Å². The summed E-state index contributed by atoms with van der Waals surface area (Å²) in [5.41, 5.74) is 0.988. The van der Waals surface area contributed by atoms with Crippen molar-refractivity contribution < 1.29 is 9.47 Å². The lowest BCUT2D eigenvalue weighted by atomic mass is 10.1. The van der Waals surface area contributed by atoms with Gasteiger partial charge in [0.25, 0.3) is 0 Å². The quantitative estimate of drug-likeness (QED) is 0.518. The summed E-state index contributed by atoms with van der Waals surface area (Å²) in [4.78, 5) is 0. The third-order valence-electron chi connectivity index (χ3n) is 2.48. The number of ether oxygens (including phenoxy) is 2. The molecule has 0 atom stereocenters. The van der Waals surface area contributed by atoms with Crippen molar-refractivity contribution in [3.05, 3.63) is 28.8 Å². The Morgan fingerprint density at radius 1 is 1.17 bits per heavy atom. The average Bonchev–Trinajstić information content (AvgIpc) is 2.34. The average molecular weight is 291 g/mol. The van der Waals surface area contributed by atoms with Gasteiger partial charge in [0, 0.05) is 12.5 Å². The van der Waals surface area contributed by atoms with Crippen molar-refractivity contribution in [2.45, 2.75) is 26.1 Å². The van der Waals surface area contributed by atoms with Gasteiger partial charge in [-0.25, -0.2) is 0 Å².